The number of aromatic amines is 1. The summed E-state index contributed by atoms with van der Waals surface area (Å²) < 4.78 is 25.8. The van der Waals surface area contributed by atoms with Crippen LogP contribution in [-0.4, -0.2) is 82.5 Å². The van der Waals surface area contributed by atoms with Crippen LogP contribution in [-0.2, 0) is 4.79 Å². The van der Waals surface area contributed by atoms with E-state index in [0.29, 0.717) is 51.7 Å². The van der Waals surface area contributed by atoms with Crippen LogP contribution in [0.1, 0.15) is 28.9 Å². The van der Waals surface area contributed by atoms with E-state index >= 15 is 0 Å². The molecule has 10 nitrogen and oxygen atoms in total. The lowest BCUT2D eigenvalue weighted by Crippen LogP contribution is -2.43. The van der Waals surface area contributed by atoms with Gasteiger partial charge in [0.05, 0.1) is 36.9 Å². The van der Waals surface area contributed by atoms with E-state index in [1.54, 1.807) is 25.3 Å². The Hall–Kier alpha value is -3.70. The Balaban J connectivity index is 1.49. The van der Waals surface area contributed by atoms with Gasteiger partial charge in [-0.2, -0.15) is 0 Å². The minimum atomic E-state index is -0.966. The number of aromatic nitrogens is 2. The summed E-state index contributed by atoms with van der Waals surface area (Å²) in [4.78, 5) is 34.1. The summed E-state index contributed by atoms with van der Waals surface area (Å²) in [5.41, 5.74) is 3.09. The molecule has 1 saturated carbocycles. The number of H-pyrrole nitrogens is 1. The summed E-state index contributed by atoms with van der Waals surface area (Å²) in [6.07, 6.45) is 2.77. The predicted molar refractivity (Wildman–Crippen MR) is 132 cm³/mol. The number of fused-ring (bicyclic) bond motifs is 1. The summed E-state index contributed by atoms with van der Waals surface area (Å²) in [6, 6.07) is 3.95. The van der Waals surface area contributed by atoms with Crippen molar-refractivity contribution in [3.63, 3.8) is 0 Å². The number of carbonyl (C=O) groups excluding carboxylic acids is 2. The van der Waals surface area contributed by atoms with Crippen LogP contribution >= 0.6 is 0 Å². The van der Waals surface area contributed by atoms with Gasteiger partial charge >= 0.3 is 0 Å². The highest BCUT2D eigenvalue weighted by Crippen LogP contribution is 2.40. The van der Waals surface area contributed by atoms with E-state index in [-0.39, 0.29) is 18.8 Å². The molecule has 1 saturated heterocycles. The van der Waals surface area contributed by atoms with E-state index in [9.17, 15) is 19.1 Å². The molecule has 3 heterocycles. The van der Waals surface area contributed by atoms with Crippen LogP contribution in [0.25, 0.3) is 22.2 Å². The Labute approximate surface area is 212 Å². The van der Waals surface area contributed by atoms with Crippen molar-refractivity contribution in [3.05, 3.63) is 41.5 Å². The zero-order valence-electron chi connectivity index (χ0n) is 20.6. The van der Waals surface area contributed by atoms with Crippen molar-refractivity contribution in [2.24, 2.45) is 5.92 Å². The summed E-state index contributed by atoms with van der Waals surface area (Å²) in [5.74, 6) is -0.602. The van der Waals surface area contributed by atoms with E-state index in [0.717, 1.165) is 12.8 Å². The number of amides is 2. The number of nitrogens with one attached hydrogen (secondary N) is 2. The van der Waals surface area contributed by atoms with Gasteiger partial charge in [0.1, 0.15) is 17.9 Å². The van der Waals surface area contributed by atoms with E-state index in [1.807, 2.05) is 0 Å². The maximum atomic E-state index is 14.6. The number of pyridine rings is 1. The minimum Gasteiger partial charge on any atom is -0.494 e. The Morgan fingerprint density at radius 1 is 1.24 bits per heavy atom. The first-order chi connectivity index (χ1) is 17.8. The molecule has 196 valence electrons. The van der Waals surface area contributed by atoms with Crippen LogP contribution < -0.4 is 14.8 Å². The van der Waals surface area contributed by atoms with Gasteiger partial charge in [0.2, 0.25) is 5.91 Å². The normalized spacial score (nSPS) is 19.3. The third-order valence-electron chi connectivity index (χ3n) is 6.91. The van der Waals surface area contributed by atoms with Crippen molar-refractivity contribution in [2.75, 3.05) is 33.4 Å². The molecular formula is C26H29FN4O6. The highest BCUT2D eigenvalue weighted by atomic mass is 19.1. The molecule has 1 aliphatic heterocycles. The van der Waals surface area contributed by atoms with E-state index < -0.39 is 36.4 Å². The van der Waals surface area contributed by atoms with Gasteiger partial charge in [-0.1, -0.05) is 0 Å². The van der Waals surface area contributed by atoms with Crippen molar-refractivity contribution in [2.45, 2.75) is 31.9 Å². The number of aliphatic hydroxyl groups excluding tert-OH is 2. The van der Waals surface area contributed by atoms with Gasteiger partial charge in [-0.25, -0.2) is 4.39 Å². The van der Waals surface area contributed by atoms with Gasteiger partial charge in [0.25, 0.3) is 5.91 Å². The maximum absolute atomic E-state index is 14.6. The molecular weight excluding hydrogens is 483 g/mol. The topological polar surface area (TPSA) is 137 Å². The zero-order valence-corrected chi connectivity index (χ0v) is 20.6. The van der Waals surface area contributed by atoms with Crippen molar-refractivity contribution < 1.29 is 33.7 Å². The summed E-state index contributed by atoms with van der Waals surface area (Å²) in [5, 5.41) is 22.2. The molecule has 2 amide bonds. The average molecular weight is 513 g/mol. The quantitative estimate of drug-likeness (QED) is 0.361. The maximum Gasteiger partial charge on any atom is 0.255 e. The molecule has 2 fully saturated rings. The third-order valence-corrected chi connectivity index (χ3v) is 6.91. The number of β-amino-alcohol motifs (C(OH)–C–C–N with tert-alkyl or cyclic N) is 1. The fourth-order valence-electron chi connectivity index (χ4n) is 4.69. The molecule has 1 aromatic carbocycles. The standard InChI is InChI=1S/C26H29FN4O6/c1-13-23(26(35)30-18-9-31(10-19(18)33)22(34)11-32)25-24(29-13)15(5-6-28-25)16-7-21(36-2)17(27)8-20(16)37-12-14-3-4-14/h5-8,14,18-19,29,32-33H,3-4,9-12H2,1-2H3,(H,30,35)/t18-,19-/m1/s1. The van der Waals surface area contributed by atoms with Crippen molar-refractivity contribution in [1.29, 1.82) is 0 Å². The second-order valence-corrected chi connectivity index (χ2v) is 9.55. The average Bonchev–Trinajstić information content (AvgIpc) is 3.55. The number of carbonyl (C=O) groups is 2. The molecule has 1 aliphatic carbocycles. The first kappa shape index (κ1) is 25.0. The van der Waals surface area contributed by atoms with Crippen LogP contribution in [0.15, 0.2) is 24.4 Å². The number of rotatable bonds is 8. The van der Waals surface area contributed by atoms with Crippen molar-refractivity contribution in [3.8, 4) is 22.6 Å². The zero-order chi connectivity index (χ0) is 26.3. The number of benzene rings is 1. The van der Waals surface area contributed by atoms with Gasteiger partial charge in [0.15, 0.2) is 11.6 Å². The number of likely N-dealkylation sites (tertiary alicyclic amines) is 1. The Morgan fingerprint density at radius 2 is 2.03 bits per heavy atom. The van der Waals surface area contributed by atoms with Crippen molar-refractivity contribution in [1.82, 2.24) is 20.2 Å². The van der Waals surface area contributed by atoms with Crippen LogP contribution in [0.4, 0.5) is 4.39 Å². The van der Waals surface area contributed by atoms with E-state index in [1.165, 1.54) is 18.1 Å². The third kappa shape index (κ3) is 4.84. The van der Waals surface area contributed by atoms with Gasteiger partial charge in [-0.15, -0.1) is 0 Å². The minimum absolute atomic E-state index is 0.0235. The van der Waals surface area contributed by atoms with Crippen LogP contribution in [0.2, 0.25) is 0 Å². The van der Waals surface area contributed by atoms with Crippen LogP contribution in [0, 0.1) is 18.7 Å². The lowest BCUT2D eigenvalue weighted by atomic mass is 10.0. The number of methoxy groups -OCH3 is 1. The number of ether oxygens (including phenoxy) is 2. The molecule has 0 radical (unpaired) electrons. The first-order valence-electron chi connectivity index (χ1n) is 12.2. The molecule has 37 heavy (non-hydrogen) atoms. The predicted octanol–water partition coefficient (Wildman–Crippen LogP) is 1.77. The molecule has 2 atom stereocenters. The Bertz CT molecular complexity index is 1350. The highest BCUT2D eigenvalue weighted by molar-refractivity contribution is 6.10. The van der Waals surface area contributed by atoms with Gasteiger partial charge in [-0.3, -0.25) is 14.6 Å². The molecule has 0 unspecified atom stereocenters. The number of hydrogen-bond donors (Lipinski definition) is 4. The molecule has 0 bridgehead atoms. The smallest absolute Gasteiger partial charge is 0.255 e. The second-order valence-electron chi connectivity index (χ2n) is 9.55. The number of nitrogens with zero attached hydrogens (tertiary/aromatic N) is 2. The summed E-state index contributed by atoms with van der Waals surface area (Å²) in [6.45, 7) is 1.67. The van der Waals surface area contributed by atoms with E-state index in [2.05, 4.69) is 15.3 Å². The summed E-state index contributed by atoms with van der Waals surface area (Å²) >= 11 is 0. The van der Waals surface area contributed by atoms with Crippen LogP contribution in [0.3, 0.4) is 0 Å². The van der Waals surface area contributed by atoms with Crippen molar-refractivity contribution >= 4 is 22.8 Å². The monoisotopic (exact) mass is 512 g/mol. The van der Waals surface area contributed by atoms with Crippen LogP contribution in [0.5, 0.6) is 11.5 Å². The molecule has 2 aromatic heterocycles. The lowest BCUT2D eigenvalue weighted by molar-refractivity contribution is -0.133. The van der Waals surface area contributed by atoms with Gasteiger partial charge in [0, 0.05) is 42.2 Å². The Kier molecular flexibility index (Phi) is 6.74. The van der Waals surface area contributed by atoms with Gasteiger partial charge in [-0.05, 0) is 37.8 Å². The molecule has 0 spiro atoms. The molecule has 3 aromatic rings. The number of aryl methyl sites for hydroxylation is 1. The largest absolute Gasteiger partial charge is 0.494 e. The molecule has 11 heteroatoms. The molecule has 5 rings (SSSR count). The van der Waals surface area contributed by atoms with E-state index in [4.69, 9.17) is 14.6 Å². The lowest BCUT2D eigenvalue weighted by Gasteiger charge is -2.16. The fraction of sp³-hybridized carbons (Fsp3) is 0.423. The molecule has 4 N–H and O–H groups in total. The number of aliphatic hydroxyl groups is 2. The first-order valence-corrected chi connectivity index (χ1v) is 12.2. The second kappa shape index (κ2) is 9.98. The Morgan fingerprint density at radius 3 is 2.73 bits per heavy atom. The molecule has 2 aliphatic rings. The number of hydrogen-bond acceptors (Lipinski definition) is 7. The SMILES string of the molecule is COc1cc(-c2ccnc3c(C(=O)N[C@@H]4CN(C(=O)CO)C[C@H]4O)c(C)[nH]c23)c(OCC2CC2)cc1F. The van der Waals surface area contributed by atoms with Gasteiger partial charge < -0.3 is 34.9 Å². The fourth-order valence-corrected chi connectivity index (χ4v) is 4.69. The summed E-state index contributed by atoms with van der Waals surface area (Å²) in [7, 11) is 1.39. The number of halogens is 1. The highest BCUT2D eigenvalue weighted by Gasteiger charge is 2.35.